The average molecular weight is 276 g/mol. The summed E-state index contributed by atoms with van der Waals surface area (Å²) in [6, 6.07) is 5.03. The molecule has 0 saturated carbocycles. The summed E-state index contributed by atoms with van der Waals surface area (Å²) in [5.74, 6) is -0.183. The number of aromatic nitrogens is 1. The average Bonchev–Trinajstić information content (AvgIpc) is 2.93. The van der Waals surface area contributed by atoms with Crippen molar-refractivity contribution in [3.63, 3.8) is 0 Å². The molecule has 0 spiro atoms. The zero-order chi connectivity index (χ0) is 13.4. The first kappa shape index (κ1) is 12.8. The lowest BCUT2D eigenvalue weighted by molar-refractivity contribution is 0.620. The van der Waals surface area contributed by atoms with Gasteiger partial charge in [-0.1, -0.05) is 6.07 Å². The van der Waals surface area contributed by atoms with E-state index in [-0.39, 0.29) is 11.9 Å². The summed E-state index contributed by atoms with van der Waals surface area (Å²) in [5.41, 5.74) is 3.34. The Kier molecular flexibility index (Phi) is 3.37. The van der Waals surface area contributed by atoms with Crippen LogP contribution in [-0.4, -0.2) is 12.0 Å². The first-order chi connectivity index (χ1) is 9.19. The topological polar surface area (TPSA) is 24.9 Å². The van der Waals surface area contributed by atoms with Crippen molar-refractivity contribution >= 4 is 11.3 Å². The van der Waals surface area contributed by atoms with Gasteiger partial charge in [-0.15, -0.1) is 11.3 Å². The van der Waals surface area contributed by atoms with Gasteiger partial charge in [0.25, 0.3) is 0 Å². The van der Waals surface area contributed by atoms with Crippen molar-refractivity contribution in [3.8, 4) is 0 Å². The molecule has 0 saturated heterocycles. The molecule has 2 nitrogen and oxygen atoms in total. The van der Waals surface area contributed by atoms with Gasteiger partial charge >= 0.3 is 0 Å². The molecule has 4 heteroatoms. The quantitative estimate of drug-likeness (QED) is 0.929. The fourth-order valence-electron chi connectivity index (χ4n) is 2.71. The second-order valence-electron chi connectivity index (χ2n) is 5.00. The van der Waals surface area contributed by atoms with Crippen LogP contribution in [0.15, 0.2) is 18.2 Å². The molecular weight excluding hydrogens is 259 g/mol. The third-order valence-electron chi connectivity index (χ3n) is 3.69. The van der Waals surface area contributed by atoms with Crippen LogP contribution in [0.4, 0.5) is 4.39 Å². The van der Waals surface area contributed by atoms with E-state index in [0.29, 0.717) is 0 Å². The van der Waals surface area contributed by atoms with E-state index in [1.54, 1.807) is 17.4 Å². The molecule has 1 aromatic heterocycles. The first-order valence-electron chi connectivity index (χ1n) is 6.61. The normalized spacial score (nSPS) is 15.5. The van der Waals surface area contributed by atoms with Gasteiger partial charge in [-0.3, -0.25) is 0 Å². The van der Waals surface area contributed by atoms with E-state index in [4.69, 9.17) is 4.98 Å². The van der Waals surface area contributed by atoms with Gasteiger partial charge < -0.3 is 5.32 Å². The first-order valence-corrected chi connectivity index (χ1v) is 7.42. The predicted molar refractivity (Wildman–Crippen MR) is 76.2 cm³/mol. The second-order valence-corrected chi connectivity index (χ2v) is 6.11. The van der Waals surface area contributed by atoms with Crippen LogP contribution >= 0.6 is 11.3 Å². The van der Waals surface area contributed by atoms with E-state index in [1.807, 2.05) is 20.0 Å². The maximum absolute atomic E-state index is 13.2. The fourth-order valence-corrected chi connectivity index (χ4v) is 3.99. The van der Waals surface area contributed by atoms with Gasteiger partial charge in [0, 0.05) is 4.88 Å². The summed E-state index contributed by atoms with van der Waals surface area (Å²) < 4.78 is 13.2. The van der Waals surface area contributed by atoms with Crippen molar-refractivity contribution in [1.82, 2.24) is 10.3 Å². The molecule has 2 aromatic rings. The standard InChI is InChI=1S/C15H17FN2S/c1-9-8-10(16)6-7-11(9)14(17-2)15-18-12-4-3-5-13(12)19-15/h6-8,14,17H,3-5H2,1-2H3. The minimum atomic E-state index is -0.183. The summed E-state index contributed by atoms with van der Waals surface area (Å²) >= 11 is 1.80. The lowest BCUT2D eigenvalue weighted by Gasteiger charge is -2.16. The molecule has 1 aliphatic carbocycles. The van der Waals surface area contributed by atoms with Crippen LogP contribution in [0, 0.1) is 12.7 Å². The number of aryl methyl sites for hydroxylation is 3. The molecule has 19 heavy (non-hydrogen) atoms. The van der Waals surface area contributed by atoms with Crippen LogP contribution in [0.5, 0.6) is 0 Å². The highest BCUT2D eigenvalue weighted by Gasteiger charge is 2.23. The molecular formula is C15H17FN2S. The summed E-state index contributed by atoms with van der Waals surface area (Å²) in [4.78, 5) is 6.19. The molecule has 0 bridgehead atoms. The number of nitrogens with zero attached hydrogens (tertiary/aromatic N) is 1. The number of fused-ring (bicyclic) bond motifs is 1. The molecule has 1 heterocycles. The van der Waals surface area contributed by atoms with Crippen molar-refractivity contribution in [1.29, 1.82) is 0 Å². The Hall–Kier alpha value is -1.26. The number of hydrogen-bond acceptors (Lipinski definition) is 3. The van der Waals surface area contributed by atoms with Crippen LogP contribution in [0.25, 0.3) is 0 Å². The summed E-state index contributed by atoms with van der Waals surface area (Å²) in [7, 11) is 1.93. The van der Waals surface area contributed by atoms with Crippen molar-refractivity contribution in [2.75, 3.05) is 7.05 Å². The summed E-state index contributed by atoms with van der Waals surface area (Å²) in [6.45, 7) is 1.95. The van der Waals surface area contributed by atoms with Crippen LogP contribution in [0.1, 0.15) is 39.2 Å². The van der Waals surface area contributed by atoms with Gasteiger partial charge in [0.15, 0.2) is 0 Å². The monoisotopic (exact) mass is 276 g/mol. The van der Waals surface area contributed by atoms with Gasteiger partial charge in [-0.2, -0.15) is 0 Å². The number of benzene rings is 1. The largest absolute Gasteiger partial charge is 0.307 e. The van der Waals surface area contributed by atoms with Crippen molar-refractivity contribution in [2.45, 2.75) is 32.2 Å². The van der Waals surface area contributed by atoms with E-state index < -0.39 is 0 Å². The Bertz CT molecular complexity index is 585. The van der Waals surface area contributed by atoms with Gasteiger partial charge in [-0.05, 0) is 56.5 Å². The Morgan fingerprint density at radius 1 is 1.37 bits per heavy atom. The minimum absolute atomic E-state index is 0.0659. The zero-order valence-electron chi connectivity index (χ0n) is 11.2. The molecule has 0 aliphatic heterocycles. The van der Waals surface area contributed by atoms with E-state index in [2.05, 4.69) is 5.32 Å². The van der Waals surface area contributed by atoms with Crippen LogP contribution in [0.2, 0.25) is 0 Å². The lowest BCUT2D eigenvalue weighted by Crippen LogP contribution is -2.18. The molecule has 1 aromatic carbocycles. The third-order valence-corrected chi connectivity index (χ3v) is 4.91. The highest BCUT2D eigenvalue weighted by molar-refractivity contribution is 7.11. The highest BCUT2D eigenvalue weighted by atomic mass is 32.1. The molecule has 100 valence electrons. The number of nitrogens with one attached hydrogen (secondary N) is 1. The van der Waals surface area contributed by atoms with Gasteiger partial charge in [0.1, 0.15) is 10.8 Å². The molecule has 1 N–H and O–H groups in total. The molecule has 1 atom stereocenters. The number of halogens is 1. The number of rotatable bonds is 3. The molecule has 3 rings (SSSR count). The third kappa shape index (κ3) is 2.30. The summed E-state index contributed by atoms with van der Waals surface area (Å²) in [6.07, 6.45) is 3.49. The Balaban J connectivity index is 1.99. The fraction of sp³-hybridized carbons (Fsp3) is 0.400. The zero-order valence-corrected chi connectivity index (χ0v) is 12.0. The second kappa shape index (κ2) is 5.02. The maximum Gasteiger partial charge on any atom is 0.123 e. The smallest absolute Gasteiger partial charge is 0.123 e. The Labute approximate surface area is 116 Å². The highest BCUT2D eigenvalue weighted by Crippen LogP contribution is 2.34. The number of hydrogen-bond donors (Lipinski definition) is 1. The van der Waals surface area contributed by atoms with Crippen molar-refractivity contribution in [3.05, 3.63) is 50.7 Å². The molecule has 0 fully saturated rings. The van der Waals surface area contributed by atoms with Crippen LogP contribution in [-0.2, 0) is 12.8 Å². The van der Waals surface area contributed by atoms with Crippen molar-refractivity contribution < 1.29 is 4.39 Å². The SMILES string of the molecule is CNC(c1nc2c(s1)CCC2)c1ccc(F)cc1C. The molecule has 0 radical (unpaired) electrons. The van der Waals surface area contributed by atoms with E-state index >= 15 is 0 Å². The predicted octanol–water partition coefficient (Wildman–Crippen LogP) is 3.39. The van der Waals surface area contributed by atoms with Crippen molar-refractivity contribution in [2.24, 2.45) is 0 Å². The molecule has 1 aliphatic rings. The molecule has 1 unspecified atom stereocenters. The minimum Gasteiger partial charge on any atom is -0.307 e. The molecule has 0 amide bonds. The summed E-state index contributed by atoms with van der Waals surface area (Å²) in [5, 5.41) is 4.41. The van der Waals surface area contributed by atoms with Gasteiger partial charge in [0.2, 0.25) is 0 Å². The Morgan fingerprint density at radius 3 is 2.89 bits per heavy atom. The maximum atomic E-state index is 13.2. The van der Waals surface area contributed by atoms with E-state index in [1.165, 1.54) is 23.1 Å². The lowest BCUT2D eigenvalue weighted by atomic mass is 10.0. The van der Waals surface area contributed by atoms with Crippen LogP contribution in [0.3, 0.4) is 0 Å². The van der Waals surface area contributed by atoms with E-state index in [0.717, 1.165) is 29.0 Å². The van der Waals surface area contributed by atoms with Gasteiger partial charge in [-0.25, -0.2) is 9.37 Å². The van der Waals surface area contributed by atoms with Gasteiger partial charge in [0.05, 0.1) is 11.7 Å². The Morgan fingerprint density at radius 2 is 2.21 bits per heavy atom. The van der Waals surface area contributed by atoms with E-state index in [9.17, 15) is 4.39 Å². The van der Waals surface area contributed by atoms with Crippen LogP contribution < -0.4 is 5.32 Å². The number of thiazole rings is 1.